The standard InChI is InChI=1S/C24H29N3O3S/c28-24-25(18-19-5-2-1-3-6-19)15-16-27(24)22-11-13-26(14-12-22)31(29,30)23-10-9-20-7-4-8-21(20)17-23/h1-3,5-6,9-10,17,22H,4,7-8,11-16,18H2. The summed E-state index contributed by atoms with van der Waals surface area (Å²) in [6.07, 6.45) is 4.50. The number of aryl methyl sites for hydroxylation is 2. The molecular weight excluding hydrogens is 410 g/mol. The minimum absolute atomic E-state index is 0.0729. The minimum atomic E-state index is -3.48. The summed E-state index contributed by atoms with van der Waals surface area (Å²) < 4.78 is 27.9. The van der Waals surface area contributed by atoms with Crippen LogP contribution in [0.25, 0.3) is 0 Å². The molecule has 7 heteroatoms. The minimum Gasteiger partial charge on any atom is -0.320 e. The number of nitrogens with zero attached hydrogens (tertiary/aromatic N) is 3. The predicted octanol–water partition coefficient (Wildman–Crippen LogP) is 3.27. The van der Waals surface area contributed by atoms with Crippen LogP contribution in [0.15, 0.2) is 53.4 Å². The number of sulfonamides is 1. The first-order valence-corrected chi connectivity index (χ1v) is 12.7. The molecule has 1 aliphatic carbocycles. The lowest BCUT2D eigenvalue weighted by molar-refractivity contribution is 0.153. The maximum atomic E-state index is 13.2. The van der Waals surface area contributed by atoms with E-state index in [1.807, 2.05) is 52.3 Å². The van der Waals surface area contributed by atoms with Crippen molar-refractivity contribution in [2.45, 2.75) is 49.6 Å². The summed E-state index contributed by atoms with van der Waals surface area (Å²) in [5, 5.41) is 0. The number of hydrogen-bond acceptors (Lipinski definition) is 3. The van der Waals surface area contributed by atoms with E-state index >= 15 is 0 Å². The Hall–Kier alpha value is -2.38. The lowest BCUT2D eigenvalue weighted by Crippen LogP contribution is -2.47. The van der Waals surface area contributed by atoms with Crippen molar-refractivity contribution in [3.8, 4) is 0 Å². The Morgan fingerprint density at radius 2 is 1.61 bits per heavy atom. The molecule has 0 spiro atoms. The van der Waals surface area contributed by atoms with Gasteiger partial charge in [-0.25, -0.2) is 13.2 Å². The molecule has 0 saturated carbocycles. The van der Waals surface area contributed by atoms with Gasteiger partial charge < -0.3 is 9.80 Å². The molecule has 164 valence electrons. The van der Waals surface area contributed by atoms with Crippen LogP contribution < -0.4 is 0 Å². The Morgan fingerprint density at radius 1 is 0.871 bits per heavy atom. The van der Waals surface area contributed by atoms with Gasteiger partial charge in [-0.05, 0) is 60.9 Å². The van der Waals surface area contributed by atoms with E-state index in [9.17, 15) is 13.2 Å². The van der Waals surface area contributed by atoms with Gasteiger partial charge >= 0.3 is 6.03 Å². The summed E-state index contributed by atoms with van der Waals surface area (Å²) in [7, 11) is -3.48. The fourth-order valence-corrected chi connectivity index (χ4v) is 6.66. The second-order valence-corrected chi connectivity index (χ2v) is 10.7. The third-order valence-corrected chi connectivity index (χ3v) is 8.81. The van der Waals surface area contributed by atoms with Crippen LogP contribution in [-0.2, 0) is 29.4 Å². The van der Waals surface area contributed by atoms with Gasteiger partial charge in [0.2, 0.25) is 10.0 Å². The highest BCUT2D eigenvalue weighted by Gasteiger charge is 2.37. The zero-order chi connectivity index (χ0) is 21.4. The zero-order valence-corrected chi connectivity index (χ0v) is 18.6. The summed E-state index contributed by atoms with van der Waals surface area (Å²) in [6.45, 7) is 3.00. The number of piperidine rings is 1. The number of fused-ring (bicyclic) bond motifs is 1. The number of amides is 2. The average molecular weight is 440 g/mol. The molecule has 0 atom stereocenters. The smallest absolute Gasteiger partial charge is 0.320 e. The molecule has 2 heterocycles. The Kier molecular flexibility index (Phi) is 5.48. The zero-order valence-electron chi connectivity index (χ0n) is 17.7. The van der Waals surface area contributed by atoms with Crippen LogP contribution in [0.4, 0.5) is 4.79 Å². The van der Waals surface area contributed by atoms with Crippen LogP contribution >= 0.6 is 0 Å². The van der Waals surface area contributed by atoms with Crippen LogP contribution in [-0.4, -0.2) is 60.8 Å². The number of carbonyl (C=O) groups is 1. The van der Waals surface area contributed by atoms with Gasteiger partial charge in [0, 0.05) is 38.8 Å². The van der Waals surface area contributed by atoms with E-state index in [1.54, 1.807) is 10.4 Å². The third-order valence-electron chi connectivity index (χ3n) is 6.92. The van der Waals surface area contributed by atoms with E-state index in [2.05, 4.69) is 0 Å². The molecule has 31 heavy (non-hydrogen) atoms. The van der Waals surface area contributed by atoms with Gasteiger partial charge in [-0.3, -0.25) is 0 Å². The van der Waals surface area contributed by atoms with Crippen molar-refractivity contribution in [1.29, 1.82) is 0 Å². The largest absolute Gasteiger partial charge is 0.320 e. The van der Waals surface area contributed by atoms with E-state index in [0.29, 0.717) is 43.9 Å². The molecule has 2 amide bonds. The predicted molar refractivity (Wildman–Crippen MR) is 119 cm³/mol. The molecular formula is C24H29N3O3S. The molecule has 3 aliphatic rings. The van der Waals surface area contributed by atoms with Gasteiger partial charge in [0.15, 0.2) is 0 Å². The summed E-state index contributed by atoms with van der Waals surface area (Å²) in [5.74, 6) is 0. The van der Waals surface area contributed by atoms with Crippen LogP contribution in [0.1, 0.15) is 36.0 Å². The van der Waals surface area contributed by atoms with Gasteiger partial charge in [0.05, 0.1) is 4.90 Å². The summed E-state index contributed by atoms with van der Waals surface area (Å²) in [4.78, 5) is 17.2. The van der Waals surface area contributed by atoms with Crippen LogP contribution in [0.3, 0.4) is 0 Å². The molecule has 2 saturated heterocycles. The molecule has 0 aromatic heterocycles. The van der Waals surface area contributed by atoms with Gasteiger partial charge in [0.25, 0.3) is 0 Å². The number of carbonyl (C=O) groups excluding carboxylic acids is 1. The maximum Gasteiger partial charge on any atom is 0.320 e. The SMILES string of the molecule is O=C1N(Cc2ccccc2)CCN1C1CCN(S(=O)(=O)c2ccc3c(c2)CCC3)CC1. The van der Waals surface area contributed by atoms with Gasteiger partial charge in [-0.1, -0.05) is 36.4 Å². The Bertz CT molecular complexity index is 1060. The highest BCUT2D eigenvalue weighted by atomic mass is 32.2. The van der Waals surface area contributed by atoms with Crippen molar-refractivity contribution in [3.63, 3.8) is 0 Å². The molecule has 0 radical (unpaired) electrons. The maximum absolute atomic E-state index is 13.2. The number of rotatable bonds is 5. The van der Waals surface area contributed by atoms with Crippen molar-refractivity contribution in [2.75, 3.05) is 26.2 Å². The first-order chi connectivity index (χ1) is 15.0. The van der Waals surface area contributed by atoms with Crippen LogP contribution in [0.2, 0.25) is 0 Å². The van der Waals surface area contributed by atoms with Crippen molar-refractivity contribution in [3.05, 3.63) is 65.2 Å². The third kappa shape index (κ3) is 3.96. The number of benzene rings is 2. The number of hydrogen-bond donors (Lipinski definition) is 0. The number of urea groups is 1. The topological polar surface area (TPSA) is 60.9 Å². The van der Waals surface area contributed by atoms with E-state index in [4.69, 9.17) is 0 Å². The quantitative estimate of drug-likeness (QED) is 0.718. The summed E-state index contributed by atoms with van der Waals surface area (Å²) >= 11 is 0. The van der Waals surface area contributed by atoms with E-state index in [0.717, 1.165) is 31.4 Å². The van der Waals surface area contributed by atoms with Gasteiger partial charge in [-0.2, -0.15) is 4.31 Å². The molecule has 6 nitrogen and oxygen atoms in total. The fourth-order valence-electron chi connectivity index (χ4n) is 5.14. The van der Waals surface area contributed by atoms with Crippen LogP contribution in [0, 0.1) is 0 Å². The fraction of sp³-hybridized carbons (Fsp3) is 0.458. The van der Waals surface area contributed by atoms with Gasteiger partial charge in [-0.15, -0.1) is 0 Å². The van der Waals surface area contributed by atoms with Crippen molar-refractivity contribution in [1.82, 2.24) is 14.1 Å². The average Bonchev–Trinajstić information content (AvgIpc) is 3.41. The monoisotopic (exact) mass is 439 g/mol. The van der Waals surface area contributed by atoms with E-state index < -0.39 is 10.0 Å². The molecule has 0 bridgehead atoms. The van der Waals surface area contributed by atoms with Crippen molar-refractivity contribution >= 4 is 16.1 Å². The molecule has 2 aliphatic heterocycles. The lowest BCUT2D eigenvalue weighted by Gasteiger charge is -2.36. The Labute approximate surface area is 184 Å². The molecule has 0 N–H and O–H groups in total. The highest BCUT2D eigenvalue weighted by molar-refractivity contribution is 7.89. The van der Waals surface area contributed by atoms with E-state index in [1.165, 1.54) is 11.1 Å². The molecule has 5 rings (SSSR count). The van der Waals surface area contributed by atoms with E-state index in [-0.39, 0.29) is 12.1 Å². The normalized spacial score (nSPS) is 20.5. The first-order valence-electron chi connectivity index (χ1n) is 11.2. The van der Waals surface area contributed by atoms with Crippen molar-refractivity contribution in [2.24, 2.45) is 0 Å². The molecule has 0 unspecified atom stereocenters. The first kappa shape index (κ1) is 20.5. The molecule has 2 aromatic carbocycles. The second-order valence-electron chi connectivity index (χ2n) is 8.80. The Balaban J connectivity index is 1.21. The molecule has 2 fully saturated rings. The van der Waals surface area contributed by atoms with Crippen LogP contribution in [0.5, 0.6) is 0 Å². The van der Waals surface area contributed by atoms with Gasteiger partial charge in [0.1, 0.15) is 0 Å². The second kappa shape index (κ2) is 8.28. The Morgan fingerprint density at radius 3 is 2.39 bits per heavy atom. The lowest BCUT2D eigenvalue weighted by atomic mass is 10.1. The summed E-state index contributed by atoms with van der Waals surface area (Å²) in [5.41, 5.74) is 3.59. The van der Waals surface area contributed by atoms with Crippen molar-refractivity contribution < 1.29 is 13.2 Å². The highest BCUT2D eigenvalue weighted by Crippen LogP contribution is 2.29. The summed E-state index contributed by atoms with van der Waals surface area (Å²) in [6, 6.07) is 15.8. The molecule has 2 aromatic rings.